The highest BCUT2D eigenvalue weighted by atomic mass is 16.3. The zero-order valence-corrected chi connectivity index (χ0v) is 11.8. The van der Waals surface area contributed by atoms with Crippen LogP contribution in [0.2, 0.25) is 0 Å². The van der Waals surface area contributed by atoms with Gasteiger partial charge in [-0.1, -0.05) is 13.3 Å². The molecule has 17 heavy (non-hydrogen) atoms. The summed E-state index contributed by atoms with van der Waals surface area (Å²) in [6.07, 6.45) is 6.01. The summed E-state index contributed by atoms with van der Waals surface area (Å²) in [7, 11) is 2.18. The third kappa shape index (κ3) is 5.84. The minimum absolute atomic E-state index is 0.171. The van der Waals surface area contributed by atoms with Gasteiger partial charge in [-0.3, -0.25) is 0 Å². The topological polar surface area (TPSA) is 35.5 Å². The van der Waals surface area contributed by atoms with E-state index in [4.69, 9.17) is 0 Å². The molecule has 0 aromatic heterocycles. The molecule has 0 aromatic carbocycles. The first-order valence-corrected chi connectivity index (χ1v) is 7.23. The number of hydrogen-bond acceptors (Lipinski definition) is 3. The molecule has 0 bridgehead atoms. The predicted molar refractivity (Wildman–Crippen MR) is 73.2 cm³/mol. The lowest BCUT2D eigenvalue weighted by Crippen LogP contribution is -2.39. The van der Waals surface area contributed by atoms with Crippen molar-refractivity contribution in [3.63, 3.8) is 0 Å². The van der Waals surface area contributed by atoms with E-state index in [1.165, 1.54) is 32.2 Å². The lowest BCUT2D eigenvalue weighted by atomic mass is 10.0. The summed E-state index contributed by atoms with van der Waals surface area (Å²) in [4.78, 5) is 2.38. The molecule has 3 unspecified atom stereocenters. The molecular weight excluding hydrogens is 212 g/mol. The van der Waals surface area contributed by atoms with E-state index in [-0.39, 0.29) is 6.10 Å². The Bertz CT molecular complexity index is 197. The minimum atomic E-state index is -0.171. The van der Waals surface area contributed by atoms with Gasteiger partial charge in [-0.05, 0) is 52.1 Å². The average molecular weight is 242 g/mol. The quantitative estimate of drug-likeness (QED) is 0.682. The molecule has 2 N–H and O–H groups in total. The van der Waals surface area contributed by atoms with Gasteiger partial charge in [-0.25, -0.2) is 0 Å². The van der Waals surface area contributed by atoms with E-state index in [2.05, 4.69) is 24.2 Å². The Kier molecular flexibility index (Phi) is 7.09. The summed E-state index contributed by atoms with van der Waals surface area (Å²) >= 11 is 0. The van der Waals surface area contributed by atoms with Gasteiger partial charge in [0.15, 0.2) is 0 Å². The Balaban J connectivity index is 2.23. The van der Waals surface area contributed by atoms with Gasteiger partial charge < -0.3 is 15.3 Å². The lowest BCUT2D eigenvalue weighted by Gasteiger charge is -2.26. The van der Waals surface area contributed by atoms with Gasteiger partial charge in [0.1, 0.15) is 0 Å². The van der Waals surface area contributed by atoms with Gasteiger partial charge >= 0.3 is 0 Å². The van der Waals surface area contributed by atoms with E-state index in [9.17, 15) is 5.11 Å². The van der Waals surface area contributed by atoms with E-state index >= 15 is 0 Å². The highest BCUT2D eigenvalue weighted by Gasteiger charge is 2.27. The van der Waals surface area contributed by atoms with Gasteiger partial charge in [0, 0.05) is 19.1 Å². The number of aliphatic hydroxyl groups excluding tert-OH is 1. The summed E-state index contributed by atoms with van der Waals surface area (Å²) in [5.41, 5.74) is 0. The van der Waals surface area contributed by atoms with Crippen LogP contribution in [-0.4, -0.2) is 48.8 Å². The molecule has 1 fully saturated rings. The molecule has 1 aliphatic rings. The van der Waals surface area contributed by atoms with Crippen molar-refractivity contribution in [1.82, 2.24) is 10.2 Å². The summed E-state index contributed by atoms with van der Waals surface area (Å²) in [5.74, 6) is 0.806. The van der Waals surface area contributed by atoms with E-state index in [0.29, 0.717) is 0 Å². The normalized spacial score (nSPS) is 26.6. The average Bonchev–Trinajstić information content (AvgIpc) is 2.71. The molecule has 1 rings (SSSR count). The molecule has 0 aromatic rings. The smallest absolute Gasteiger partial charge is 0.0524 e. The molecule has 3 heteroatoms. The van der Waals surface area contributed by atoms with Gasteiger partial charge in [0.25, 0.3) is 0 Å². The fourth-order valence-corrected chi connectivity index (χ4v) is 2.75. The van der Waals surface area contributed by atoms with Gasteiger partial charge in [0.2, 0.25) is 0 Å². The predicted octanol–water partition coefficient (Wildman–Crippen LogP) is 1.86. The minimum Gasteiger partial charge on any atom is -0.393 e. The Hall–Kier alpha value is -0.120. The zero-order chi connectivity index (χ0) is 12.7. The second kappa shape index (κ2) is 8.06. The number of nitrogens with one attached hydrogen (secondary N) is 1. The van der Waals surface area contributed by atoms with Crippen LogP contribution in [0.4, 0.5) is 0 Å². The van der Waals surface area contributed by atoms with Gasteiger partial charge in [0.05, 0.1) is 6.10 Å². The molecule has 0 heterocycles. The maximum atomic E-state index is 9.29. The molecule has 1 aliphatic carbocycles. The largest absolute Gasteiger partial charge is 0.393 e. The maximum absolute atomic E-state index is 9.29. The summed E-state index contributed by atoms with van der Waals surface area (Å²) < 4.78 is 0. The van der Waals surface area contributed by atoms with Crippen molar-refractivity contribution >= 4 is 0 Å². The highest BCUT2D eigenvalue weighted by molar-refractivity contribution is 4.84. The number of nitrogens with zero attached hydrogens (tertiary/aromatic N) is 1. The maximum Gasteiger partial charge on any atom is 0.0524 e. The van der Waals surface area contributed by atoms with Gasteiger partial charge in [-0.2, -0.15) is 0 Å². The molecule has 1 saturated carbocycles. The van der Waals surface area contributed by atoms with E-state index in [0.717, 1.165) is 31.5 Å². The van der Waals surface area contributed by atoms with Gasteiger partial charge in [-0.15, -0.1) is 0 Å². The van der Waals surface area contributed by atoms with E-state index in [1.54, 1.807) is 0 Å². The monoisotopic (exact) mass is 242 g/mol. The van der Waals surface area contributed by atoms with Crippen molar-refractivity contribution in [2.45, 2.75) is 58.1 Å². The molecule has 0 saturated heterocycles. The molecule has 3 atom stereocenters. The number of hydrogen-bond donors (Lipinski definition) is 2. The summed E-state index contributed by atoms with van der Waals surface area (Å²) in [6.45, 7) is 7.43. The molecule has 0 aliphatic heterocycles. The van der Waals surface area contributed by atoms with Crippen LogP contribution < -0.4 is 5.32 Å². The Morgan fingerprint density at radius 2 is 2.18 bits per heavy atom. The number of rotatable bonds is 8. The van der Waals surface area contributed by atoms with Crippen LogP contribution in [-0.2, 0) is 0 Å². The van der Waals surface area contributed by atoms with Crippen LogP contribution in [0.15, 0.2) is 0 Å². The first-order valence-electron chi connectivity index (χ1n) is 7.23. The Morgan fingerprint density at radius 3 is 2.82 bits per heavy atom. The second-order valence-corrected chi connectivity index (χ2v) is 5.65. The fraction of sp³-hybridized carbons (Fsp3) is 1.00. The second-order valence-electron chi connectivity index (χ2n) is 5.65. The zero-order valence-electron chi connectivity index (χ0n) is 11.8. The van der Waals surface area contributed by atoms with Crippen molar-refractivity contribution in [2.75, 3.05) is 26.7 Å². The van der Waals surface area contributed by atoms with Crippen molar-refractivity contribution in [3.05, 3.63) is 0 Å². The SMILES string of the molecule is CCCNC1CCCC1CN(C)CCC(C)O. The van der Waals surface area contributed by atoms with Crippen molar-refractivity contribution in [1.29, 1.82) is 0 Å². The molecule has 3 nitrogen and oxygen atoms in total. The van der Waals surface area contributed by atoms with Crippen LogP contribution in [0, 0.1) is 5.92 Å². The Morgan fingerprint density at radius 1 is 1.41 bits per heavy atom. The lowest BCUT2D eigenvalue weighted by molar-refractivity contribution is 0.156. The Labute approximate surface area is 107 Å². The summed E-state index contributed by atoms with van der Waals surface area (Å²) in [6, 6.07) is 0.726. The van der Waals surface area contributed by atoms with Crippen molar-refractivity contribution < 1.29 is 5.11 Å². The van der Waals surface area contributed by atoms with E-state index < -0.39 is 0 Å². The molecule has 0 amide bonds. The third-order valence-corrected chi connectivity index (χ3v) is 3.79. The van der Waals surface area contributed by atoms with E-state index in [1.807, 2.05) is 6.92 Å². The van der Waals surface area contributed by atoms with Crippen LogP contribution >= 0.6 is 0 Å². The number of aliphatic hydroxyl groups is 1. The van der Waals surface area contributed by atoms with Crippen LogP contribution in [0.5, 0.6) is 0 Å². The van der Waals surface area contributed by atoms with Crippen molar-refractivity contribution in [2.24, 2.45) is 5.92 Å². The standard InChI is InChI=1S/C14H30N2O/c1-4-9-15-14-7-5-6-13(14)11-16(3)10-8-12(2)17/h12-15,17H,4-11H2,1-3H3. The highest BCUT2D eigenvalue weighted by Crippen LogP contribution is 2.26. The first-order chi connectivity index (χ1) is 8.13. The van der Waals surface area contributed by atoms with Crippen molar-refractivity contribution in [3.8, 4) is 0 Å². The third-order valence-electron chi connectivity index (χ3n) is 3.79. The molecule has 102 valence electrons. The summed E-state index contributed by atoms with van der Waals surface area (Å²) in [5, 5.41) is 13.0. The van der Waals surface area contributed by atoms with Crippen LogP contribution in [0.3, 0.4) is 0 Å². The van der Waals surface area contributed by atoms with Crippen LogP contribution in [0.1, 0.15) is 46.0 Å². The first kappa shape index (κ1) is 14.9. The molecule has 0 radical (unpaired) electrons. The molecular formula is C14H30N2O. The van der Waals surface area contributed by atoms with Crippen LogP contribution in [0.25, 0.3) is 0 Å². The molecule has 0 spiro atoms. The fourth-order valence-electron chi connectivity index (χ4n) is 2.75.